The standard InChI is InChI=1S/C15H25NO2/c1-3-4-5-6-7-14(18)16-13-9-8-12(10-13)15(16)11(2)17/h12-13,15H,3-10H2,1-2H3/t12-,13-,15+/m0/s1. The lowest BCUT2D eigenvalue weighted by atomic mass is 9.95. The average molecular weight is 251 g/mol. The van der Waals surface area contributed by atoms with Gasteiger partial charge in [-0.3, -0.25) is 9.59 Å². The van der Waals surface area contributed by atoms with Crippen molar-refractivity contribution in [2.24, 2.45) is 5.92 Å². The Morgan fingerprint density at radius 2 is 1.94 bits per heavy atom. The fourth-order valence-electron chi connectivity index (χ4n) is 3.70. The molecule has 0 N–H and O–H groups in total. The van der Waals surface area contributed by atoms with E-state index >= 15 is 0 Å². The summed E-state index contributed by atoms with van der Waals surface area (Å²) >= 11 is 0. The van der Waals surface area contributed by atoms with Crippen LogP contribution in [0.3, 0.4) is 0 Å². The van der Waals surface area contributed by atoms with Crippen LogP contribution in [-0.4, -0.2) is 28.7 Å². The van der Waals surface area contributed by atoms with Gasteiger partial charge in [-0.15, -0.1) is 0 Å². The molecule has 1 amide bonds. The van der Waals surface area contributed by atoms with E-state index in [1.807, 2.05) is 4.90 Å². The summed E-state index contributed by atoms with van der Waals surface area (Å²) in [7, 11) is 0. The third-order valence-corrected chi connectivity index (χ3v) is 4.53. The van der Waals surface area contributed by atoms with Gasteiger partial charge in [-0.2, -0.15) is 0 Å². The van der Waals surface area contributed by atoms with Crippen LogP contribution < -0.4 is 0 Å². The molecule has 2 bridgehead atoms. The molecule has 102 valence electrons. The van der Waals surface area contributed by atoms with Crippen molar-refractivity contribution in [1.29, 1.82) is 0 Å². The van der Waals surface area contributed by atoms with Crippen LogP contribution >= 0.6 is 0 Å². The summed E-state index contributed by atoms with van der Waals surface area (Å²) < 4.78 is 0. The molecular weight excluding hydrogens is 226 g/mol. The number of carbonyl (C=O) groups is 2. The molecule has 0 spiro atoms. The Labute approximate surface area is 110 Å². The molecule has 3 heteroatoms. The number of amides is 1. The fraction of sp³-hybridized carbons (Fsp3) is 0.867. The van der Waals surface area contributed by atoms with E-state index in [9.17, 15) is 9.59 Å². The van der Waals surface area contributed by atoms with Crippen molar-refractivity contribution in [1.82, 2.24) is 4.90 Å². The second kappa shape index (κ2) is 5.85. The summed E-state index contributed by atoms with van der Waals surface area (Å²) in [5, 5.41) is 0. The predicted octanol–water partition coefficient (Wildman–Crippen LogP) is 2.93. The predicted molar refractivity (Wildman–Crippen MR) is 71.2 cm³/mol. The highest BCUT2D eigenvalue weighted by molar-refractivity contribution is 5.89. The van der Waals surface area contributed by atoms with Gasteiger partial charge in [0.1, 0.15) is 0 Å². The highest BCUT2D eigenvalue weighted by atomic mass is 16.2. The first-order chi connectivity index (χ1) is 8.65. The molecule has 2 rings (SSSR count). The number of nitrogens with zero attached hydrogens (tertiary/aromatic N) is 1. The van der Waals surface area contributed by atoms with Crippen LogP contribution in [-0.2, 0) is 9.59 Å². The minimum absolute atomic E-state index is 0.0950. The number of rotatable bonds is 6. The number of ketones is 1. The molecule has 3 nitrogen and oxygen atoms in total. The summed E-state index contributed by atoms with van der Waals surface area (Å²) in [6.07, 6.45) is 8.44. The van der Waals surface area contributed by atoms with Crippen molar-refractivity contribution in [3.8, 4) is 0 Å². The minimum atomic E-state index is -0.0950. The maximum Gasteiger partial charge on any atom is 0.223 e. The van der Waals surface area contributed by atoms with Crippen molar-refractivity contribution in [3.63, 3.8) is 0 Å². The SMILES string of the molecule is CCCCCCC(=O)N1[C@H]2CC[C@@H](C2)[C@H]1C(C)=O. The number of carbonyl (C=O) groups excluding carboxylic acids is 2. The molecule has 1 aliphatic heterocycles. The Morgan fingerprint density at radius 1 is 1.17 bits per heavy atom. The summed E-state index contributed by atoms with van der Waals surface area (Å²) in [5.41, 5.74) is 0. The second-order valence-electron chi connectivity index (χ2n) is 5.89. The van der Waals surface area contributed by atoms with E-state index < -0.39 is 0 Å². The Kier molecular flexibility index (Phi) is 4.41. The monoisotopic (exact) mass is 251 g/mol. The van der Waals surface area contributed by atoms with E-state index in [0.29, 0.717) is 18.4 Å². The number of piperidine rings is 1. The summed E-state index contributed by atoms with van der Waals surface area (Å²) in [6, 6.07) is 0.269. The fourth-order valence-corrected chi connectivity index (χ4v) is 3.70. The zero-order valence-electron chi connectivity index (χ0n) is 11.7. The molecule has 2 aliphatic rings. The van der Waals surface area contributed by atoms with Gasteiger partial charge in [-0.05, 0) is 38.5 Å². The van der Waals surface area contributed by atoms with Crippen LogP contribution in [0, 0.1) is 5.92 Å². The lowest BCUT2D eigenvalue weighted by Crippen LogP contribution is -2.48. The Hall–Kier alpha value is -0.860. The Balaban J connectivity index is 1.90. The maximum atomic E-state index is 12.3. The number of Topliss-reactive ketones (excluding diaryl/α,β-unsaturated/α-hetero) is 1. The quantitative estimate of drug-likeness (QED) is 0.681. The van der Waals surface area contributed by atoms with Gasteiger partial charge in [0.25, 0.3) is 0 Å². The highest BCUT2D eigenvalue weighted by Gasteiger charge is 2.49. The highest BCUT2D eigenvalue weighted by Crippen LogP contribution is 2.43. The van der Waals surface area contributed by atoms with E-state index in [1.54, 1.807) is 6.92 Å². The van der Waals surface area contributed by atoms with E-state index in [2.05, 4.69) is 6.92 Å². The maximum absolute atomic E-state index is 12.3. The largest absolute Gasteiger partial charge is 0.329 e. The van der Waals surface area contributed by atoms with Gasteiger partial charge in [0.15, 0.2) is 5.78 Å². The molecule has 1 saturated heterocycles. The van der Waals surface area contributed by atoms with Gasteiger partial charge in [-0.1, -0.05) is 26.2 Å². The van der Waals surface area contributed by atoms with Crippen molar-refractivity contribution >= 4 is 11.7 Å². The Morgan fingerprint density at radius 3 is 2.61 bits per heavy atom. The average Bonchev–Trinajstić information content (AvgIpc) is 2.94. The number of hydrogen-bond acceptors (Lipinski definition) is 2. The van der Waals surface area contributed by atoms with Gasteiger partial charge in [-0.25, -0.2) is 0 Å². The molecule has 1 heterocycles. The molecule has 18 heavy (non-hydrogen) atoms. The molecular formula is C15H25NO2. The van der Waals surface area contributed by atoms with Gasteiger partial charge in [0.05, 0.1) is 6.04 Å². The van der Waals surface area contributed by atoms with Crippen molar-refractivity contribution in [2.75, 3.05) is 0 Å². The zero-order valence-corrected chi connectivity index (χ0v) is 11.7. The van der Waals surface area contributed by atoms with Gasteiger partial charge in [0.2, 0.25) is 5.91 Å². The minimum Gasteiger partial charge on any atom is -0.329 e. The number of likely N-dealkylation sites (tertiary alicyclic amines) is 1. The molecule has 0 aromatic rings. The number of hydrogen-bond donors (Lipinski definition) is 0. The van der Waals surface area contributed by atoms with Crippen LogP contribution in [0.4, 0.5) is 0 Å². The first-order valence-electron chi connectivity index (χ1n) is 7.46. The first kappa shape index (κ1) is 13.6. The number of unbranched alkanes of at least 4 members (excludes halogenated alkanes) is 3. The van der Waals surface area contributed by atoms with Crippen LogP contribution in [0.25, 0.3) is 0 Å². The third-order valence-electron chi connectivity index (χ3n) is 4.53. The van der Waals surface area contributed by atoms with Crippen molar-refractivity contribution in [3.05, 3.63) is 0 Å². The van der Waals surface area contributed by atoms with Crippen LogP contribution in [0.1, 0.15) is 65.2 Å². The molecule has 1 saturated carbocycles. The molecule has 3 atom stereocenters. The molecule has 0 radical (unpaired) electrons. The third kappa shape index (κ3) is 2.60. The summed E-state index contributed by atoms with van der Waals surface area (Å²) in [4.78, 5) is 26.0. The molecule has 2 fully saturated rings. The summed E-state index contributed by atoms with van der Waals surface area (Å²) in [5.74, 6) is 0.856. The van der Waals surface area contributed by atoms with Crippen molar-refractivity contribution < 1.29 is 9.59 Å². The summed E-state index contributed by atoms with van der Waals surface area (Å²) in [6.45, 7) is 3.82. The normalized spacial score (nSPS) is 29.9. The first-order valence-corrected chi connectivity index (χ1v) is 7.46. The van der Waals surface area contributed by atoms with Gasteiger partial charge in [0, 0.05) is 12.5 Å². The van der Waals surface area contributed by atoms with Crippen LogP contribution in [0.2, 0.25) is 0 Å². The molecule has 0 aromatic carbocycles. The number of fused-ring (bicyclic) bond motifs is 2. The molecule has 0 unspecified atom stereocenters. The van der Waals surface area contributed by atoms with E-state index in [-0.39, 0.29) is 17.7 Å². The lowest BCUT2D eigenvalue weighted by molar-refractivity contribution is -0.141. The second-order valence-corrected chi connectivity index (χ2v) is 5.89. The van der Waals surface area contributed by atoms with Crippen LogP contribution in [0.15, 0.2) is 0 Å². The molecule has 1 aliphatic carbocycles. The van der Waals surface area contributed by atoms with Gasteiger partial charge >= 0.3 is 0 Å². The smallest absolute Gasteiger partial charge is 0.223 e. The van der Waals surface area contributed by atoms with Crippen molar-refractivity contribution in [2.45, 2.75) is 77.3 Å². The molecule has 0 aromatic heterocycles. The zero-order chi connectivity index (χ0) is 13.1. The van der Waals surface area contributed by atoms with Gasteiger partial charge < -0.3 is 4.90 Å². The van der Waals surface area contributed by atoms with Crippen LogP contribution in [0.5, 0.6) is 0 Å². The van der Waals surface area contributed by atoms with E-state index in [0.717, 1.165) is 32.1 Å². The lowest BCUT2D eigenvalue weighted by Gasteiger charge is -2.34. The van der Waals surface area contributed by atoms with E-state index in [4.69, 9.17) is 0 Å². The topological polar surface area (TPSA) is 37.4 Å². The van der Waals surface area contributed by atoms with E-state index in [1.165, 1.54) is 12.8 Å². The Bertz CT molecular complexity index is 326.